The highest BCUT2D eigenvalue weighted by Gasteiger charge is 2.23. The van der Waals surface area contributed by atoms with Crippen molar-refractivity contribution in [3.63, 3.8) is 0 Å². The number of para-hydroxylation sites is 2. The number of fused-ring (bicyclic) bond motifs is 2. The second kappa shape index (κ2) is 5.61. The average Bonchev–Trinajstić information content (AvgIpc) is 3.23. The molecule has 1 heterocycles. The zero-order valence-corrected chi connectivity index (χ0v) is 13.5. The fourth-order valence-electron chi connectivity index (χ4n) is 3.60. The molecule has 1 aliphatic carbocycles. The maximum absolute atomic E-state index is 13.0. The van der Waals surface area contributed by atoms with Crippen LogP contribution in [0.5, 0.6) is 0 Å². The van der Waals surface area contributed by atoms with E-state index in [4.69, 9.17) is 0 Å². The Morgan fingerprint density at radius 2 is 2.00 bits per heavy atom. The summed E-state index contributed by atoms with van der Waals surface area (Å²) >= 11 is 0. The van der Waals surface area contributed by atoms with Gasteiger partial charge in [0.05, 0.1) is 17.1 Å². The van der Waals surface area contributed by atoms with Crippen molar-refractivity contribution in [1.82, 2.24) is 9.55 Å². The minimum atomic E-state index is -0.466. The van der Waals surface area contributed by atoms with Crippen LogP contribution in [0.1, 0.15) is 46.7 Å². The van der Waals surface area contributed by atoms with Gasteiger partial charge < -0.3 is 4.57 Å². The molecule has 0 aliphatic heterocycles. The molecule has 0 saturated carbocycles. The van der Waals surface area contributed by atoms with Crippen molar-refractivity contribution in [2.75, 3.05) is 0 Å². The fraction of sp³-hybridized carbons (Fsp3) is 0.250. The third-order valence-electron chi connectivity index (χ3n) is 4.85. The third kappa shape index (κ3) is 2.21. The Labute approximate surface area is 140 Å². The van der Waals surface area contributed by atoms with Gasteiger partial charge in [-0.1, -0.05) is 24.3 Å². The number of carbonyl (C=O) groups is 1. The van der Waals surface area contributed by atoms with Crippen molar-refractivity contribution in [3.05, 3.63) is 65.0 Å². The molecule has 0 unspecified atom stereocenters. The van der Waals surface area contributed by atoms with Crippen LogP contribution in [0.2, 0.25) is 0 Å². The first-order valence-corrected chi connectivity index (χ1v) is 8.22. The van der Waals surface area contributed by atoms with Crippen LogP contribution < -0.4 is 0 Å². The van der Waals surface area contributed by atoms with Crippen LogP contribution in [-0.4, -0.2) is 15.3 Å². The lowest BCUT2D eigenvalue weighted by Gasteiger charge is -2.15. The van der Waals surface area contributed by atoms with E-state index >= 15 is 0 Å². The molecule has 0 saturated heterocycles. The normalized spacial score (nSPS) is 14.3. The summed E-state index contributed by atoms with van der Waals surface area (Å²) < 4.78 is 1.74. The van der Waals surface area contributed by atoms with Gasteiger partial charge in [0.25, 0.3) is 0 Å². The summed E-state index contributed by atoms with van der Waals surface area (Å²) in [4.78, 5) is 17.3. The summed E-state index contributed by atoms with van der Waals surface area (Å²) in [5.41, 5.74) is 4.90. The lowest BCUT2D eigenvalue weighted by molar-refractivity contribution is 0.0936. The van der Waals surface area contributed by atoms with Crippen molar-refractivity contribution in [3.8, 4) is 6.07 Å². The van der Waals surface area contributed by atoms with Crippen molar-refractivity contribution in [1.29, 1.82) is 5.26 Å². The molecule has 4 heteroatoms. The molecular formula is C20H17N3O. The van der Waals surface area contributed by atoms with Gasteiger partial charge in [-0.05, 0) is 55.5 Å². The predicted octanol–water partition coefficient (Wildman–Crippen LogP) is 3.84. The molecule has 24 heavy (non-hydrogen) atoms. The van der Waals surface area contributed by atoms with Crippen LogP contribution in [0.4, 0.5) is 0 Å². The van der Waals surface area contributed by atoms with Gasteiger partial charge in [-0.3, -0.25) is 4.79 Å². The Kier molecular flexibility index (Phi) is 3.42. The topological polar surface area (TPSA) is 58.7 Å². The van der Waals surface area contributed by atoms with Gasteiger partial charge in [0.15, 0.2) is 5.78 Å². The maximum atomic E-state index is 13.0. The van der Waals surface area contributed by atoms with E-state index in [1.807, 2.05) is 43.3 Å². The third-order valence-corrected chi connectivity index (χ3v) is 4.85. The van der Waals surface area contributed by atoms with Crippen molar-refractivity contribution < 1.29 is 4.79 Å². The molecule has 0 radical (unpaired) electrons. The minimum absolute atomic E-state index is 0.0179. The summed E-state index contributed by atoms with van der Waals surface area (Å²) in [6.45, 7) is 1.84. The van der Waals surface area contributed by atoms with Gasteiger partial charge in [-0.25, -0.2) is 4.98 Å². The van der Waals surface area contributed by atoms with E-state index in [2.05, 4.69) is 17.1 Å². The van der Waals surface area contributed by atoms with Crippen LogP contribution in [0.3, 0.4) is 0 Å². The number of aryl methyl sites for hydroxylation is 2. The van der Waals surface area contributed by atoms with Gasteiger partial charge in [0.1, 0.15) is 6.07 Å². The Balaban J connectivity index is 1.77. The summed E-state index contributed by atoms with van der Waals surface area (Å²) in [6, 6.07) is 15.2. The number of hydrogen-bond donors (Lipinski definition) is 0. The Hall–Kier alpha value is -2.93. The molecule has 0 fully saturated rings. The van der Waals surface area contributed by atoms with Crippen LogP contribution in [0.25, 0.3) is 11.0 Å². The number of Topliss-reactive ketones (excluding diaryl/α,β-unsaturated/α-hetero) is 1. The largest absolute Gasteiger partial charge is 0.305 e. The number of aromatic nitrogens is 2. The van der Waals surface area contributed by atoms with Crippen molar-refractivity contribution in [2.24, 2.45) is 0 Å². The number of carbonyl (C=O) groups excluding carboxylic acids is 1. The first-order chi connectivity index (χ1) is 11.7. The van der Waals surface area contributed by atoms with E-state index in [0.717, 1.165) is 30.3 Å². The number of nitriles is 1. The Bertz CT molecular complexity index is 994. The number of rotatable bonds is 3. The van der Waals surface area contributed by atoms with Gasteiger partial charge in [0, 0.05) is 5.56 Å². The molecule has 0 amide bonds. The molecule has 118 valence electrons. The number of hydrogen-bond acceptors (Lipinski definition) is 3. The highest BCUT2D eigenvalue weighted by Crippen LogP contribution is 2.27. The highest BCUT2D eigenvalue weighted by atomic mass is 16.1. The molecule has 1 aromatic heterocycles. The minimum Gasteiger partial charge on any atom is -0.305 e. The maximum Gasteiger partial charge on any atom is 0.214 e. The van der Waals surface area contributed by atoms with E-state index in [1.165, 1.54) is 11.1 Å². The van der Waals surface area contributed by atoms with E-state index in [9.17, 15) is 10.1 Å². The lowest BCUT2D eigenvalue weighted by Crippen LogP contribution is -2.18. The fourth-order valence-corrected chi connectivity index (χ4v) is 3.60. The molecule has 1 aliphatic rings. The SMILES string of the molecule is C[C@H](C(=O)c1ccc2c(c1)CCC2)n1c(C#N)nc2ccccc21. The smallest absolute Gasteiger partial charge is 0.214 e. The zero-order valence-electron chi connectivity index (χ0n) is 13.5. The van der Waals surface area contributed by atoms with Gasteiger partial charge in [0.2, 0.25) is 5.82 Å². The monoisotopic (exact) mass is 315 g/mol. The average molecular weight is 315 g/mol. The van der Waals surface area contributed by atoms with Gasteiger partial charge in [-0.15, -0.1) is 0 Å². The number of nitrogens with zero attached hydrogens (tertiary/aromatic N) is 3. The van der Waals surface area contributed by atoms with E-state index in [-0.39, 0.29) is 11.6 Å². The Morgan fingerprint density at radius 1 is 1.21 bits per heavy atom. The van der Waals surface area contributed by atoms with E-state index in [0.29, 0.717) is 5.56 Å². The van der Waals surface area contributed by atoms with Gasteiger partial charge in [-0.2, -0.15) is 5.26 Å². The molecule has 0 bridgehead atoms. The van der Waals surface area contributed by atoms with Gasteiger partial charge >= 0.3 is 0 Å². The van der Waals surface area contributed by atoms with Crippen LogP contribution >= 0.6 is 0 Å². The standard InChI is InChI=1S/C20H17N3O/c1-13(20(24)16-10-9-14-5-4-6-15(14)11-16)23-18-8-3-2-7-17(18)22-19(23)12-21/h2-3,7-11,13H,4-6H2,1H3/t13-/m1/s1. The molecular weight excluding hydrogens is 298 g/mol. The summed E-state index contributed by atoms with van der Waals surface area (Å²) in [5, 5.41) is 9.40. The second-order valence-corrected chi connectivity index (χ2v) is 6.28. The van der Waals surface area contributed by atoms with Crippen LogP contribution in [0, 0.1) is 11.3 Å². The number of imidazole rings is 1. The second-order valence-electron chi connectivity index (χ2n) is 6.28. The molecule has 4 nitrogen and oxygen atoms in total. The molecule has 4 rings (SSSR count). The predicted molar refractivity (Wildman–Crippen MR) is 92.0 cm³/mol. The zero-order chi connectivity index (χ0) is 16.7. The van der Waals surface area contributed by atoms with Crippen molar-refractivity contribution in [2.45, 2.75) is 32.2 Å². The van der Waals surface area contributed by atoms with Crippen LogP contribution in [0.15, 0.2) is 42.5 Å². The highest BCUT2D eigenvalue weighted by molar-refractivity contribution is 6.00. The number of benzene rings is 2. The first-order valence-electron chi connectivity index (χ1n) is 8.22. The molecule has 3 aromatic rings. The van der Waals surface area contributed by atoms with E-state index < -0.39 is 6.04 Å². The van der Waals surface area contributed by atoms with Crippen molar-refractivity contribution >= 4 is 16.8 Å². The summed E-state index contributed by atoms with van der Waals surface area (Å²) in [7, 11) is 0. The quantitative estimate of drug-likeness (QED) is 0.690. The first kappa shape index (κ1) is 14.6. The number of ketones is 1. The Morgan fingerprint density at radius 3 is 2.83 bits per heavy atom. The summed E-state index contributed by atoms with van der Waals surface area (Å²) in [6.07, 6.45) is 3.31. The molecule has 2 aromatic carbocycles. The molecule has 1 atom stereocenters. The lowest BCUT2D eigenvalue weighted by atomic mass is 10.00. The molecule has 0 spiro atoms. The van der Waals surface area contributed by atoms with Crippen LogP contribution in [-0.2, 0) is 12.8 Å². The summed E-state index contributed by atoms with van der Waals surface area (Å²) in [5.74, 6) is 0.294. The molecule has 0 N–H and O–H groups in total. The van der Waals surface area contributed by atoms with E-state index in [1.54, 1.807) is 4.57 Å².